The van der Waals surface area contributed by atoms with Crippen molar-refractivity contribution in [3.8, 4) is 6.07 Å². The van der Waals surface area contributed by atoms with E-state index in [9.17, 15) is 0 Å². The van der Waals surface area contributed by atoms with Crippen LogP contribution in [0, 0.1) is 11.3 Å². The van der Waals surface area contributed by atoms with E-state index in [4.69, 9.17) is 5.26 Å². The Hall–Kier alpha value is -3.05. The van der Waals surface area contributed by atoms with E-state index in [1.165, 1.54) is 0 Å². The van der Waals surface area contributed by atoms with Crippen LogP contribution < -0.4 is 4.90 Å². The predicted molar refractivity (Wildman–Crippen MR) is 97.3 cm³/mol. The van der Waals surface area contributed by atoms with Crippen molar-refractivity contribution in [1.29, 1.82) is 5.26 Å². The molecule has 0 bridgehead atoms. The zero-order valence-electron chi connectivity index (χ0n) is 14.5. The highest BCUT2D eigenvalue weighted by molar-refractivity contribution is 5.86. The third kappa shape index (κ3) is 3.34. The smallest absolute Gasteiger partial charge is 0.163 e. The molecule has 3 aromatic rings. The molecule has 0 unspecified atom stereocenters. The Kier molecular flexibility index (Phi) is 4.71. The molecule has 0 N–H and O–H groups in total. The molecule has 26 heavy (non-hydrogen) atoms. The fourth-order valence-electron chi connectivity index (χ4n) is 3.29. The monoisotopic (exact) mass is 348 g/mol. The van der Waals surface area contributed by atoms with Gasteiger partial charge in [0.05, 0.1) is 36.3 Å². The summed E-state index contributed by atoms with van der Waals surface area (Å²) in [5.41, 5.74) is 1.89. The summed E-state index contributed by atoms with van der Waals surface area (Å²) >= 11 is 0. The van der Waals surface area contributed by atoms with Crippen molar-refractivity contribution in [2.45, 2.75) is 19.5 Å². The molecule has 0 aromatic carbocycles. The fraction of sp³-hybridized carbons (Fsp3) is 0.389. The van der Waals surface area contributed by atoms with Crippen molar-refractivity contribution in [1.82, 2.24) is 29.6 Å². The first-order valence-electron chi connectivity index (χ1n) is 8.76. The Labute approximate surface area is 151 Å². The average Bonchev–Trinajstić information content (AvgIpc) is 3.11. The molecular weight excluding hydrogens is 328 g/mol. The van der Waals surface area contributed by atoms with Crippen LogP contribution in [0.5, 0.6) is 0 Å². The highest BCUT2D eigenvalue weighted by atomic mass is 15.3. The van der Waals surface area contributed by atoms with Crippen molar-refractivity contribution in [2.75, 3.05) is 31.1 Å². The van der Waals surface area contributed by atoms with Crippen LogP contribution in [0.1, 0.15) is 12.1 Å². The molecular formula is C18H20N8. The second-order valence-corrected chi connectivity index (χ2v) is 6.29. The molecule has 0 atom stereocenters. The minimum Gasteiger partial charge on any atom is -0.353 e. The van der Waals surface area contributed by atoms with Gasteiger partial charge in [0, 0.05) is 38.9 Å². The molecule has 3 aromatic heterocycles. The van der Waals surface area contributed by atoms with Gasteiger partial charge in [0.25, 0.3) is 0 Å². The van der Waals surface area contributed by atoms with Gasteiger partial charge >= 0.3 is 0 Å². The van der Waals surface area contributed by atoms with Gasteiger partial charge in [-0.2, -0.15) is 10.4 Å². The number of aryl methyl sites for hydroxylation is 1. The van der Waals surface area contributed by atoms with Crippen LogP contribution in [0.25, 0.3) is 11.0 Å². The van der Waals surface area contributed by atoms with Crippen LogP contribution in [0.3, 0.4) is 0 Å². The minimum atomic E-state index is 0.419. The van der Waals surface area contributed by atoms with Crippen LogP contribution in [0.15, 0.2) is 36.9 Å². The number of nitriles is 1. The molecule has 132 valence electrons. The van der Waals surface area contributed by atoms with Crippen molar-refractivity contribution in [3.63, 3.8) is 0 Å². The first-order chi connectivity index (χ1) is 12.8. The van der Waals surface area contributed by atoms with Gasteiger partial charge in [-0.15, -0.1) is 0 Å². The molecule has 0 aliphatic carbocycles. The number of fused-ring (bicyclic) bond motifs is 1. The lowest BCUT2D eigenvalue weighted by atomic mass is 10.2. The van der Waals surface area contributed by atoms with E-state index in [1.54, 1.807) is 11.0 Å². The van der Waals surface area contributed by atoms with E-state index >= 15 is 0 Å². The van der Waals surface area contributed by atoms with Crippen molar-refractivity contribution in [3.05, 3.63) is 42.6 Å². The summed E-state index contributed by atoms with van der Waals surface area (Å²) in [6.45, 7) is 5.16. The zero-order chi connectivity index (χ0) is 17.8. The molecule has 8 heteroatoms. The Balaban J connectivity index is 1.46. The summed E-state index contributed by atoms with van der Waals surface area (Å²) in [6, 6.07) is 8.18. The Bertz CT molecular complexity index is 906. The summed E-state index contributed by atoms with van der Waals surface area (Å²) in [5, 5.41) is 14.1. The number of hydrogen-bond donors (Lipinski definition) is 0. The Morgan fingerprint density at radius 1 is 1.08 bits per heavy atom. The summed E-state index contributed by atoms with van der Waals surface area (Å²) < 4.78 is 1.78. The molecule has 1 aliphatic heterocycles. The number of anilines is 1. The molecule has 0 saturated carbocycles. The van der Waals surface area contributed by atoms with E-state index in [2.05, 4.69) is 42.0 Å². The first kappa shape index (κ1) is 16.4. The first-order valence-corrected chi connectivity index (χ1v) is 8.76. The lowest BCUT2D eigenvalue weighted by molar-refractivity contribution is 0.247. The quantitative estimate of drug-likeness (QED) is 0.690. The topological polar surface area (TPSA) is 86.8 Å². The van der Waals surface area contributed by atoms with Gasteiger partial charge in [0.2, 0.25) is 0 Å². The zero-order valence-corrected chi connectivity index (χ0v) is 14.5. The van der Waals surface area contributed by atoms with E-state index in [1.807, 2.05) is 24.5 Å². The summed E-state index contributed by atoms with van der Waals surface area (Å²) in [7, 11) is 0. The molecule has 1 fully saturated rings. The maximum absolute atomic E-state index is 8.78. The van der Waals surface area contributed by atoms with Gasteiger partial charge < -0.3 is 4.90 Å². The van der Waals surface area contributed by atoms with Crippen molar-refractivity contribution in [2.24, 2.45) is 0 Å². The van der Waals surface area contributed by atoms with Gasteiger partial charge in [0.1, 0.15) is 12.1 Å². The largest absolute Gasteiger partial charge is 0.353 e. The molecule has 0 amide bonds. The molecule has 4 heterocycles. The Morgan fingerprint density at radius 2 is 1.96 bits per heavy atom. The third-order valence-electron chi connectivity index (χ3n) is 4.63. The van der Waals surface area contributed by atoms with Gasteiger partial charge in [-0.3, -0.25) is 9.88 Å². The van der Waals surface area contributed by atoms with Crippen LogP contribution >= 0.6 is 0 Å². The predicted octanol–water partition coefficient (Wildman–Crippen LogP) is 1.46. The average molecular weight is 348 g/mol. The van der Waals surface area contributed by atoms with Gasteiger partial charge in [0.15, 0.2) is 5.65 Å². The number of piperazine rings is 1. The second kappa shape index (κ2) is 7.45. The van der Waals surface area contributed by atoms with Crippen LogP contribution in [0.2, 0.25) is 0 Å². The van der Waals surface area contributed by atoms with Crippen molar-refractivity contribution >= 4 is 16.9 Å². The molecule has 8 nitrogen and oxygen atoms in total. The lowest BCUT2D eigenvalue weighted by Gasteiger charge is -2.35. The maximum Gasteiger partial charge on any atom is 0.163 e. The summed E-state index contributed by atoms with van der Waals surface area (Å²) in [4.78, 5) is 18.0. The molecule has 1 saturated heterocycles. The molecule has 4 rings (SSSR count). The van der Waals surface area contributed by atoms with E-state index in [0.717, 1.165) is 55.3 Å². The van der Waals surface area contributed by atoms with Gasteiger partial charge in [-0.05, 0) is 12.1 Å². The van der Waals surface area contributed by atoms with Crippen LogP contribution in [-0.4, -0.2) is 55.8 Å². The molecule has 0 spiro atoms. The van der Waals surface area contributed by atoms with Gasteiger partial charge in [-0.1, -0.05) is 6.07 Å². The second-order valence-electron chi connectivity index (χ2n) is 6.29. The number of rotatable bonds is 5. The number of nitrogens with zero attached hydrogens (tertiary/aromatic N) is 8. The van der Waals surface area contributed by atoms with Crippen LogP contribution in [-0.2, 0) is 13.1 Å². The summed E-state index contributed by atoms with van der Waals surface area (Å²) in [5.74, 6) is 0.927. The van der Waals surface area contributed by atoms with E-state index in [-0.39, 0.29) is 0 Å². The normalized spacial score (nSPS) is 15.3. The standard InChI is InChI=1S/C18H20N8/c19-5-3-7-26-18-16(12-23-26)17(21-14-22-18)25-10-8-24(9-11-25)13-15-4-1-2-6-20-15/h1-2,4,6,12,14H,3,7-11,13H2. The SMILES string of the molecule is N#CCCn1ncc2c(N3CCN(Cc4ccccn4)CC3)ncnc21. The highest BCUT2D eigenvalue weighted by Crippen LogP contribution is 2.24. The molecule has 1 aliphatic rings. The minimum absolute atomic E-state index is 0.419. The highest BCUT2D eigenvalue weighted by Gasteiger charge is 2.21. The fourth-order valence-corrected chi connectivity index (χ4v) is 3.29. The van der Waals surface area contributed by atoms with Crippen LogP contribution in [0.4, 0.5) is 5.82 Å². The number of hydrogen-bond acceptors (Lipinski definition) is 7. The van der Waals surface area contributed by atoms with Gasteiger partial charge in [-0.25, -0.2) is 14.6 Å². The maximum atomic E-state index is 8.78. The molecule has 0 radical (unpaired) electrons. The number of pyridine rings is 1. The Morgan fingerprint density at radius 3 is 2.73 bits per heavy atom. The third-order valence-corrected chi connectivity index (χ3v) is 4.63. The summed E-state index contributed by atoms with van der Waals surface area (Å²) in [6.07, 6.45) is 5.65. The van der Waals surface area contributed by atoms with E-state index in [0.29, 0.717) is 13.0 Å². The van der Waals surface area contributed by atoms with E-state index < -0.39 is 0 Å². The lowest BCUT2D eigenvalue weighted by Crippen LogP contribution is -2.46. The number of aromatic nitrogens is 5. The van der Waals surface area contributed by atoms with Crippen molar-refractivity contribution < 1.29 is 0 Å².